The molecule has 0 aromatic heterocycles. The van der Waals surface area contributed by atoms with E-state index in [1.165, 1.54) is 19.3 Å². The Bertz CT molecular complexity index is 157. The Hall–Kier alpha value is -0.120. The van der Waals surface area contributed by atoms with Crippen LogP contribution in [0, 0.1) is 5.92 Å². The average Bonchev–Trinajstić information content (AvgIpc) is 2.67. The molecule has 2 rings (SSSR count). The molecule has 0 spiro atoms. The lowest BCUT2D eigenvalue weighted by Gasteiger charge is -2.35. The average molecular weight is 184 g/mol. The number of nitrogens with two attached hydrogens (primary N) is 1. The summed E-state index contributed by atoms with van der Waals surface area (Å²) >= 11 is 0. The summed E-state index contributed by atoms with van der Waals surface area (Å²) in [7, 11) is 0. The van der Waals surface area contributed by atoms with E-state index in [9.17, 15) is 0 Å². The van der Waals surface area contributed by atoms with Crippen molar-refractivity contribution in [3.05, 3.63) is 0 Å². The summed E-state index contributed by atoms with van der Waals surface area (Å²) in [6.07, 6.45) is 4.05. The molecule has 1 saturated heterocycles. The van der Waals surface area contributed by atoms with E-state index in [0.29, 0.717) is 0 Å². The molecule has 1 heterocycles. The van der Waals surface area contributed by atoms with Gasteiger partial charge in [0.15, 0.2) is 0 Å². The number of nitrogens with zero attached hydrogens (tertiary/aromatic N) is 1. The Morgan fingerprint density at radius 2 is 2.00 bits per heavy atom. The Labute approximate surface area is 80.2 Å². The maximum atomic E-state index is 5.77. The summed E-state index contributed by atoms with van der Waals surface area (Å²) in [6, 6.07) is 0.758. The third-order valence-electron chi connectivity index (χ3n) is 3.44. The molecule has 2 aliphatic rings. The fourth-order valence-electron chi connectivity index (χ4n) is 2.68. The minimum atomic E-state index is 0.748. The van der Waals surface area contributed by atoms with Crippen molar-refractivity contribution >= 4 is 0 Å². The third-order valence-corrected chi connectivity index (χ3v) is 3.44. The fraction of sp³-hybridized carbons (Fsp3) is 1.00. The number of morpholine rings is 1. The first-order valence-corrected chi connectivity index (χ1v) is 5.43. The first-order chi connectivity index (χ1) is 6.42. The van der Waals surface area contributed by atoms with Gasteiger partial charge in [-0.25, -0.2) is 0 Å². The van der Waals surface area contributed by atoms with Crippen LogP contribution in [0.4, 0.5) is 0 Å². The van der Waals surface area contributed by atoms with Gasteiger partial charge in [-0.15, -0.1) is 0 Å². The molecule has 0 amide bonds. The second-order valence-corrected chi connectivity index (χ2v) is 4.14. The van der Waals surface area contributed by atoms with Crippen LogP contribution in [-0.4, -0.2) is 43.8 Å². The minimum Gasteiger partial charge on any atom is -0.379 e. The maximum absolute atomic E-state index is 5.77. The van der Waals surface area contributed by atoms with Crippen LogP contribution in [-0.2, 0) is 4.74 Å². The zero-order valence-electron chi connectivity index (χ0n) is 8.24. The topological polar surface area (TPSA) is 38.5 Å². The summed E-state index contributed by atoms with van der Waals surface area (Å²) in [5.74, 6) is 0.748. The number of rotatable bonds is 2. The largest absolute Gasteiger partial charge is 0.379 e. The van der Waals surface area contributed by atoms with Gasteiger partial charge < -0.3 is 10.5 Å². The quantitative estimate of drug-likeness (QED) is 0.677. The molecule has 13 heavy (non-hydrogen) atoms. The highest BCUT2D eigenvalue weighted by atomic mass is 16.5. The minimum absolute atomic E-state index is 0.748. The van der Waals surface area contributed by atoms with Gasteiger partial charge in [0.05, 0.1) is 13.2 Å². The van der Waals surface area contributed by atoms with Crippen LogP contribution >= 0.6 is 0 Å². The van der Waals surface area contributed by atoms with Gasteiger partial charge in [-0.3, -0.25) is 4.90 Å². The lowest BCUT2D eigenvalue weighted by molar-refractivity contribution is 0.00903. The summed E-state index contributed by atoms with van der Waals surface area (Å²) in [5, 5.41) is 0. The molecule has 1 aliphatic heterocycles. The summed E-state index contributed by atoms with van der Waals surface area (Å²) in [6.45, 7) is 4.91. The molecule has 76 valence electrons. The second kappa shape index (κ2) is 4.40. The van der Waals surface area contributed by atoms with Crippen molar-refractivity contribution in [3.63, 3.8) is 0 Å². The molecule has 0 bridgehead atoms. The Balaban J connectivity index is 1.90. The van der Waals surface area contributed by atoms with Crippen LogP contribution in [0.1, 0.15) is 19.3 Å². The molecule has 0 unspecified atom stereocenters. The number of hydrogen-bond acceptors (Lipinski definition) is 3. The van der Waals surface area contributed by atoms with Gasteiger partial charge in [-0.2, -0.15) is 0 Å². The molecule has 3 nitrogen and oxygen atoms in total. The highest BCUT2D eigenvalue weighted by Gasteiger charge is 2.31. The predicted molar refractivity (Wildman–Crippen MR) is 52.6 cm³/mol. The highest BCUT2D eigenvalue weighted by Crippen LogP contribution is 2.29. The molecule has 1 aliphatic carbocycles. The van der Waals surface area contributed by atoms with Crippen molar-refractivity contribution in [1.82, 2.24) is 4.90 Å². The highest BCUT2D eigenvalue weighted by molar-refractivity contribution is 4.86. The van der Waals surface area contributed by atoms with Crippen LogP contribution in [0.3, 0.4) is 0 Å². The maximum Gasteiger partial charge on any atom is 0.0594 e. The Kier molecular flexibility index (Phi) is 3.19. The van der Waals surface area contributed by atoms with Crippen molar-refractivity contribution < 1.29 is 4.74 Å². The van der Waals surface area contributed by atoms with Crippen molar-refractivity contribution in [2.75, 3.05) is 32.8 Å². The standard InChI is InChI=1S/C10H20N2O/c11-8-9-2-1-3-10(9)12-4-6-13-7-5-12/h9-10H,1-8,11H2/t9-,10+/m0/s1. The van der Waals surface area contributed by atoms with Crippen molar-refractivity contribution in [3.8, 4) is 0 Å². The van der Waals surface area contributed by atoms with Gasteiger partial charge in [0.1, 0.15) is 0 Å². The van der Waals surface area contributed by atoms with Crippen LogP contribution in [0.2, 0.25) is 0 Å². The summed E-state index contributed by atoms with van der Waals surface area (Å²) in [5.41, 5.74) is 5.77. The SMILES string of the molecule is NC[C@@H]1CCC[C@H]1N1CCOCC1. The monoisotopic (exact) mass is 184 g/mol. The van der Waals surface area contributed by atoms with Crippen LogP contribution in [0.25, 0.3) is 0 Å². The normalized spacial score (nSPS) is 36.7. The van der Waals surface area contributed by atoms with Crippen LogP contribution in [0.15, 0.2) is 0 Å². The van der Waals surface area contributed by atoms with Crippen molar-refractivity contribution in [2.24, 2.45) is 11.7 Å². The molecule has 2 fully saturated rings. The van der Waals surface area contributed by atoms with E-state index in [0.717, 1.165) is 44.8 Å². The third kappa shape index (κ3) is 2.03. The predicted octanol–water partition coefficient (Wildman–Crippen LogP) is 0.446. The molecule has 3 heteroatoms. The Morgan fingerprint density at radius 1 is 1.23 bits per heavy atom. The zero-order chi connectivity index (χ0) is 9.10. The smallest absolute Gasteiger partial charge is 0.0594 e. The fourth-order valence-corrected chi connectivity index (χ4v) is 2.68. The molecular formula is C10H20N2O. The molecular weight excluding hydrogens is 164 g/mol. The van der Waals surface area contributed by atoms with Gasteiger partial charge >= 0.3 is 0 Å². The van der Waals surface area contributed by atoms with E-state index in [4.69, 9.17) is 10.5 Å². The van der Waals surface area contributed by atoms with Crippen LogP contribution in [0.5, 0.6) is 0 Å². The summed E-state index contributed by atoms with van der Waals surface area (Å²) < 4.78 is 5.36. The van der Waals surface area contributed by atoms with Gasteiger partial charge in [-0.05, 0) is 25.3 Å². The lowest BCUT2D eigenvalue weighted by atomic mass is 10.0. The van der Waals surface area contributed by atoms with Gasteiger partial charge in [0.2, 0.25) is 0 Å². The van der Waals surface area contributed by atoms with Crippen molar-refractivity contribution in [2.45, 2.75) is 25.3 Å². The summed E-state index contributed by atoms with van der Waals surface area (Å²) in [4.78, 5) is 2.58. The van der Waals surface area contributed by atoms with Gasteiger partial charge in [0, 0.05) is 19.1 Å². The number of hydrogen-bond donors (Lipinski definition) is 1. The first kappa shape index (κ1) is 9.44. The molecule has 0 aromatic rings. The number of ether oxygens (including phenoxy) is 1. The van der Waals surface area contributed by atoms with E-state index in [1.807, 2.05) is 0 Å². The van der Waals surface area contributed by atoms with Crippen molar-refractivity contribution in [1.29, 1.82) is 0 Å². The van der Waals surface area contributed by atoms with E-state index in [1.54, 1.807) is 0 Å². The lowest BCUT2D eigenvalue weighted by Crippen LogP contribution is -2.46. The first-order valence-electron chi connectivity index (χ1n) is 5.43. The molecule has 2 atom stereocenters. The molecule has 2 N–H and O–H groups in total. The van der Waals surface area contributed by atoms with Gasteiger partial charge in [-0.1, -0.05) is 6.42 Å². The second-order valence-electron chi connectivity index (χ2n) is 4.14. The van der Waals surface area contributed by atoms with E-state index in [2.05, 4.69) is 4.90 Å². The molecule has 0 aromatic carbocycles. The van der Waals surface area contributed by atoms with Gasteiger partial charge in [0.25, 0.3) is 0 Å². The molecule has 1 saturated carbocycles. The van der Waals surface area contributed by atoms with E-state index < -0.39 is 0 Å². The van der Waals surface area contributed by atoms with E-state index in [-0.39, 0.29) is 0 Å². The zero-order valence-corrected chi connectivity index (χ0v) is 8.24. The van der Waals surface area contributed by atoms with E-state index >= 15 is 0 Å². The molecule has 0 radical (unpaired) electrons. The van der Waals surface area contributed by atoms with Crippen LogP contribution < -0.4 is 5.73 Å². The Morgan fingerprint density at radius 3 is 2.69 bits per heavy atom.